The molecule has 0 saturated heterocycles. The van der Waals surface area contributed by atoms with E-state index in [1.807, 2.05) is 30.4 Å². The van der Waals surface area contributed by atoms with Crippen LogP contribution < -0.4 is 16.0 Å². The molecule has 0 aliphatic carbocycles. The Morgan fingerprint density at radius 3 is 2.58 bits per heavy atom. The average Bonchev–Trinajstić information content (AvgIpc) is 2.64. The lowest BCUT2D eigenvalue weighted by molar-refractivity contribution is -0.119. The summed E-state index contributed by atoms with van der Waals surface area (Å²) in [6, 6.07) is 0.203. The van der Waals surface area contributed by atoms with Crippen molar-refractivity contribution in [1.29, 1.82) is 0 Å². The Hall–Kier alpha value is -1.72. The van der Waals surface area contributed by atoms with Crippen LogP contribution in [0.4, 0.5) is 11.5 Å². The third-order valence-electron chi connectivity index (χ3n) is 2.98. The van der Waals surface area contributed by atoms with Crippen molar-refractivity contribution in [3.8, 4) is 0 Å². The highest BCUT2D eigenvalue weighted by molar-refractivity contribution is 5.82. The highest BCUT2D eigenvalue weighted by atomic mass is 16.2. The zero-order chi connectivity index (χ0) is 14.6. The number of hydrogen-bond acceptors (Lipinski definition) is 4. The third-order valence-corrected chi connectivity index (χ3v) is 2.98. The molecule has 0 spiro atoms. The maximum Gasteiger partial charge on any atom is 0.239 e. The van der Waals surface area contributed by atoms with E-state index in [0.717, 1.165) is 11.5 Å². The molecule has 108 valence electrons. The maximum absolute atomic E-state index is 11.8. The van der Waals surface area contributed by atoms with Gasteiger partial charge in [0.25, 0.3) is 0 Å². The molecule has 1 aromatic heterocycles. The van der Waals surface area contributed by atoms with Gasteiger partial charge < -0.3 is 16.0 Å². The molecule has 0 aliphatic heterocycles. The van der Waals surface area contributed by atoms with Gasteiger partial charge in [-0.2, -0.15) is 5.10 Å². The minimum absolute atomic E-state index is 0.00194. The predicted octanol–water partition coefficient (Wildman–Crippen LogP) is 1.32. The smallest absolute Gasteiger partial charge is 0.239 e. The Morgan fingerprint density at radius 2 is 2.11 bits per heavy atom. The fraction of sp³-hybridized carbons (Fsp3) is 0.692. The van der Waals surface area contributed by atoms with Crippen LogP contribution in [-0.2, 0) is 4.79 Å². The number of likely N-dealkylation sites (N-methyl/N-ethyl adjacent to an activating group) is 2. The van der Waals surface area contributed by atoms with E-state index in [1.165, 1.54) is 0 Å². The van der Waals surface area contributed by atoms with Gasteiger partial charge in [0.05, 0.1) is 17.9 Å². The van der Waals surface area contributed by atoms with Crippen molar-refractivity contribution in [3.63, 3.8) is 0 Å². The van der Waals surface area contributed by atoms with Crippen LogP contribution in [0.5, 0.6) is 0 Å². The van der Waals surface area contributed by atoms with Crippen molar-refractivity contribution in [2.24, 2.45) is 0 Å². The minimum Gasteiger partial charge on any atom is -0.394 e. The summed E-state index contributed by atoms with van der Waals surface area (Å²) in [6.07, 6.45) is 0. The Morgan fingerprint density at radius 1 is 1.47 bits per heavy atom. The van der Waals surface area contributed by atoms with Gasteiger partial charge in [0.2, 0.25) is 5.91 Å². The molecule has 0 unspecified atom stereocenters. The van der Waals surface area contributed by atoms with E-state index >= 15 is 0 Å². The molecule has 0 aromatic carbocycles. The van der Waals surface area contributed by atoms with Crippen LogP contribution in [0.1, 0.15) is 39.4 Å². The summed E-state index contributed by atoms with van der Waals surface area (Å²) < 4.78 is 1.88. The molecule has 3 N–H and O–H groups in total. The Labute approximate surface area is 114 Å². The van der Waals surface area contributed by atoms with E-state index in [0.29, 0.717) is 25.3 Å². The standard InChI is InChI=1S/C13H25N5O/c1-6-15-11(19)8-17(7-2)13-12(14)10(5)16-18(13)9(3)4/h9H,6-8,14H2,1-5H3,(H,15,19). The molecule has 1 rings (SSSR count). The zero-order valence-electron chi connectivity index (χ0n) is 12.5. The largest absolute Gasteiger partial charge is 0.394 e. The number of rotatable bonds is 6. The fourth-order valence-corrected chi connectivity index (χ4v) is 1.99. The Bertz CT molecular complexity index is 438. The maximum atomic E-state index is 11.8. The normalized spacial score (nSPS) is 10.8. The molecule has 6 heteroatoms. The van der Waals surface area contributed by atoms with E-state index < -0.39 is 0 Å². The van der Waals surface area contributed by atoms with E-state index in [4.69, 9.17) is 5.73 Å². The summed E-state index contributed by atoms with van der Waals surface area (Å²) >= 11 is 0. The van der Waals surface area contributed by atoms with Crippen molar-refractivity contribution in [3.05, 3.63) is 5.69 Å². The quantitative estimate of drug-likeness (QED) is 0.815. The third kappa shape index (κ3) is 3.39. The number of hydrogen-bond donors (Lipinski definition) is 2. The molecule has 1 aromatic rings. The number of nitrogen functional groups attached to an aromatic ring is 1. The lowest BCUT2D eigenvalue weighted by Crippen LogP contribution is -2.38. The lowest BCUT2D eigenvalue weighted by atomic mass is 10.3. The summed E-state index contributed by atoms with van der Waals surface area (Å²) in [6.45, 7) is 11.5. The van der Waals surface area contributed by atoms with Crippen LogP contribution in [0, 0.1) is 6.92 Å². The van der Waals surface area contributed by atoms with E-state index in [2.05, 4.69) is 24.3 Å². The van der Waals surface area contributed by atoms with E-state index in [1.54, 1.807) is 0 Å². The minimum atomic E-state index is -0.00194. The highest BCUT2D eigenvalue weighted by Gasteiger charge is 2.21. The van der Waals surface area contributed by atoms with Gasteiger partial charge in [0, 0.05) is 19.1 Å². The van der Waals surface area contributed by atoms with Gasteiger partial charge in [0.15, 0.2) is 5.82 Å². The molecule has 0 atom stereocenters. The van der Waals surface area contributed by atoms with Crippen molar-refractivity contribution in [2.75, 3.05) is 30.3 Å². The van der Waals surface area contributed by atoms with Gasteiger partial charge in [-0.3, -0.25) is 4.79 Å². The highest BCUT2D eigenvalue weighted by Crippen LogP contribution is 2.29. The number of carbonyl (C=O) groups excluding carboxylic acids is 1. The molecule has 1 amide bonds. The zero-order valence-corrected chi connectivity index (χ0v) is 12.5. The van der Waals surface area contributed by atoms with Crippen LogP contribution >= 0.6 is 0 Å². The monoisotopic (exact) mass is 267 g/mol. The fourth-order valence-electron chi connectivity index (χ4n) is 1.99. The van der Waals surface area contributed by atoms with Crippen LogP contribution in [0.15, 0.2) is 0 Å². The first-order chi connectivity index (χ1) is 8.92. The number of amides is 1. The van der Waals surface area contributed by atoms with Crippen molar-refractivity contribution < 1.29 is 4.79 Å². The summed E-state index contributed by atoms with van der Waals surface area (Å²) in [7, 11) is 0. The molecular formula is C13H25N5O. The van der Waals surface area contributed by atoms with Crippen LogP contribution in [-0.4, -0.2) is 35.3 Å². The van der Waals surface area contributed by atoms with E-state index in [-0.39, 0.29) is 11.9 Å². The van der Waals surface area contributed by atoms with Crippen LogP contribution in [0.25, 0.3) is 0 Å². The second kappa shape index (κ2) is 6.45. The van der Waals surface area contributed by atoms with Crippen LogP contribution in [0.2, 0.25) is 0 Å². The topological polar surface area (TPSA) is 76.2 Å². The predicted molar refractivity (Wildman–Crippen MR) is 78.3 cm³/mol. The summed E-state index contributed by atoms with van der Waals surface area (Å²) in [4.78, 5) is 13.7. The molecule has 0 saturated carbocycles. The molecular weight excluding hydrogens is 242 g/mol. The second-order valence-corrected chi connectivity index (χ2v) is 4.83. The number of aromatic nitrogens is 2. The number of carbonyl (C=O) groups is 1. The number of nitrogens with zero attached hydrogens (tertiary/aromatic N) is 3. The first-order valence-corrected chi connectivity index (χ1v) is 6.78. The lowest BCUT2D eigenvalue weighted by Gasteiger charge is -2.25. The molecule has 0 bridgehead atoms. The Balaban J connectivity index is 3.07. The number of nitrogens with two attached hydrogens (primary N) is 1. The summed E-state index contributed by atoms with van der Waals surface area (Å²) in [5.74, 6) is 0.833. The number of aryl methyl sites for hydroxylation is 1. The number of anilines is 2. The van der Waals surface area contributed by atoms with Crippen LogP contribution in [0.3, 0.4) is 0 Å². The molecule has 0 aliphatic rings. The average molecular weight is 267 g/mol. The molecule has 0 fully saturated rings. The molecule has 6 nitrogen and oxygen atoms in total. The molecule has 19 heavy (non-hydrogen) atoms. The van der Waals surface area contributed by atoms with Crippen molar-refractivity contribution in [2.45, 2.75) is 40.7 Å². The first kappa shape index (κ1) is 15.3. The number of nitrogens with one attached hydrogen (secondary N) is 1. The SMILES string of the molecule is CCNC(=O)CN(CC)c1c(N)c(C)nn1C(C)C. The summed E-state index contributed by atoms with van der Waals surface area (Å²) in [5.41, 5.74) is 7.57. The second-order valence-electron chi connectivity index (χ2n) is 4.83. The van der Waals surface area contributed by atoms with Gasteiger partial charge in [0.1, 0.15) is 0 Å². The Kier molecular flexibility index (Phi) is 5.20. The summed E-state index contributed by atoms with van der Waals surface area (Å²) in [5, 5.41) is 7.25. The van der Waals surface area contributed by atoms with E-state index in [9.17, 15) is 4.79 Å². The van der Waals surface area contributed by atoms with Gasteiger partial charge in [-0.1, -0.05) is 0 Å². The van der Waals surface area contributed by atoms with Gasteiger partial charge in [-0.25, -0.2) is 4.68 Å². The van der Waals surface area contributed by atoms with Crippen molar-refractivity contribution >= 4 is 17.4 Å². The van der Waals surface area contributed by atoms with Gasteiger partial charge >= 0.3 is 0 Å². The molecule has 1 heterocycles. The van der Waals surface area contributed by atoms with Gasteiger partial charge in [-0.05, 0) is 34.6 Å². The first-order valence-electron chi connectivity index (χ1n) is 6.78. The molecule has 0 radical (unpaired) electrons. The van der Waals surface area contributed by atoms with Gasteiger partial charge in [-0.15, -0.1) is 0 Å². The van der Waals surface area contributed by atoms with Crippen molar-refractivity contribution in [1.82, 2.24) is 15.1 Å².